The predicted octanol–water partition coefficient (Wildman–Crippen LogP) is 1.68. The molecule has 1 N–H and O–H groups in total. The van der Waals surface area contributed by atoms with Crippen molar-refractivity contribution in [2.75, 3.05) is 12.4 Å². The van der Waals surface area contributed by atoms with Crippen molar-refractivity contribution in [2.45, 2.75) is 0 Å². The molecule has 0 aliphatic rings. The van der Waals surface area contributed by atoms with Crippen LogP contribution in [-0.4, -0.2) is 13.3 Å². The van der Waals surface area contributed by atoms with E-state index in [-0.39, 0.29) is 5.82 Å². The number of benzene rings is 1. The minimum absolute atomic E-state index is 0.347. The lowest BCUT2D eigenvalue weighted by Gasteiger charge is -2.01. The van der Waals surface area contributed by atoms with Crippen LogP contribution in [0.15, 0.2) is 18.2 Å². The Kier molecular flexibility index (Phi) is 2.21. The van der Waals surface area contributed by atoms with Crippen LogP contribution in [0, 0.1) is 5.82 Å². The molecule has 3 heteroatoms. The van der Waals surface area contributed by atoms with Crippen LogP contribution in [-0.2, 0) is 0 Å². The van der Waals surface area contributed by atoms with Crippen molar-refractivity contribution in [2.24, 2.45) is 0 Å². The van der Waals surface area contributed by atoms with Crippen LogP contribution in [0.4, 0.5) is 10.1 Å². The molecule has 0 spiro atoms. The minimum Gasteiger partial charge on any atom is -0.387 e. The molecule has 0 bridgehead atoms. The van der Waals surface area contributed by atoms with Gasteiger partial charge < -0.3 is 5.32 Å². The fourth-order valence-electron chi connectivity index (χ4n) is 0.848. The fraction of sp³-hybridized carbons (Fsp3) is 0.125. The SMILES string of the molecule is CNc1cc(F)ccc1C=O. The van der Waals surface area contributed by atoms with Gasteiger partial charge in [0.1, 0.15) is 5.82 Å². The molecule has 0 aliphatic carbocycles. The number of nitrogens with one attached hydrogen (secondary N) is 1. The van der Waals surface area contributed by atoms with Crippen molar-refractivity contribution >= 4 is 12.0 Å². The molecule has 58 valence electrons. The van der Waals surface area contributed by atoms with Gasteiger partial charge in [-0.1, -0.05) is 0 Å². The Hall–Kier alpha value is -1.38. The van der Waals surface area contributed by atoms with Gasteiger partial charge in [-0.25, -0.2) is 4.39 Å². The average molecular weight is 153 g/mol. The van der Waals surface area contributed by atoms with E-state index >= 15 is 0 Å². The van der Waals surface area contributed by atoms with E-state index in [1.165, 1.54) is 18.2 Å². The lowest BCUT2D eigenvalue weighted by Crippen LogP contribution is -1.94. The first-order valence-corrected chi connectivity index (χ1v) is 3.20. The van der Waals surface area contributed by atoms with Crippen molar-refractivity contribution in [1.82, 2.24) is 0 Å². The van der Waals surface area contributed by atoms with E-state index < -0.39 is 0 Å². The topological polar surface area (TPSA) is 29.1 Å². The van der Waals surface area contributed by atoms with Gasteiger partial charge in [-0.05, 0) is 18.2 Å². The van der Waals surface area contributed by atoms with E-state index in [1.807, 2.05) is 0 Å². The molecule has 11 heavy (non-hydrogen) atoms. The van der Waals surface area contributed by atoms with Gasteiger partial charge in [-0.3, -0.25) is 4.79 Å². The molecule has 0 unspecified atom stereocenters. The highest BCUT2D eigenvalue weighted by molar-refractivity contribution is 5.83. The maximum atomic E-state index is 12.5. The van der Waals surface area contributed by atoms with Gasteiger partial charge >= 0.3 is 0 Å². The summed E-state index contributed by atoms with van der Waals surface area (Å²) in [6.07, 6.45) is 0.686. The molecule has 0 fully saturated rings. The zero-order chi connectivity index (χ0) is 8.27. The highest BCUT2D eigenvalue weighted by Gasteiger charge is 1.99. The number of hydrogen-bond donors (Lipinski definition) is 1. The summed E-state index contributed by atoms with van der Waals surface area (Å²) in [4.78, 5) is 10.3. The third-order valence-corrected chi connectivity index (χ3v) is 1.41. The summed E-state index contributed by atoms with van der Waals surface area (Å²) in [5, 5.41) is 2.72. The number of carbonyl (C=O) groups excluding carboxylic acids is 1. The smallest absolute Gasteiger partial charge is 0.152 e. The quantitative estimate of drug-likeness (QED) is 0.655. The van der Waals surface area contributed by atoms with Crippen LogP contribution in [0.1, 0.15) is 10.4 Å². The highest BCUT2D eigenvalue weighted by Crippen LogP contribution is 2.13. The second kappa shape index (κ2) is 3.14. The van der Waals surface area contributed by atoms with E-state index in [2.05, 4.69) is 5.32 Å². The zero-order valence-corrected chi connectivity index (χ0v) is 6.10. The van der Waals surface area contributed by atoms with Gasteiger partial charge in [0.25, 0.3) is 0 Å². The maximum absolute atomic E-state index is 12.5. The average Bonchev–Trinajstić information content (AvgIpc) is 2.04. The van der Waals surface area contributed by atoms with Gasteiger partial charge in [0.2, 0.25) is 0 Å². The van der Waals surface area contributed by atoms with Crippen molar-refractivity contribution in [3.63, 3.8) is 0 Å². The number of carbonyl (C=O) groups is 1. The van der Waals surface area contributed by atoms with Crippen molar-refractivity contribution < 1.29 is 9.18 Å². The lowest BCUT2D eigenvalue weighted by molar-refractivity contribution is 0.112. The van der Waals surface area contributed by atoms with E-state index in [1.54, 1.807) is 7.05 Å². The van der Waals surface area contributed by atoms with Crippen LogP contribution >= 0.6 is 0 Å². The van der Waals surface area contributed by atoms with Gasteiger partial charge in [0.15, 0.2) is 6.29 Å². The Morgan fingerprint density at radius 2 is 2.27 bits per heavy atom. The van der Waals surface area contributed by atoms with Gasteiger partial charge in [-0.15, -0.1) is 0 Å². The third-order valence-electron chi connectivity index (χ3n) is 1.41. The normalized spacial score (nSPS) is 9.27. The second-order valence-corrected chi connectivity index (χ2v) is 2.10. The maximum Gasteiger partial charge on any atom is 0.152 e. The first-order valence-electron chi connectivity index (χ1n) is 3.20. The number of aldehydes is 1. The third kappa shape index (κ3) is 1.55. The van der Waals surface area contributed by atoms with Crippen LogP contribution in [0.25, 0.3) is 0 Å². The van der Waals surface area contributed by atoms with E-state index in [0.717, 1.165) is 0 Å². The molecule has 0 saturated heterocycles. The molecule has 0 amide bonds. The molecule has 0 atom stereocenters. The predicted molar refractivity (Wildman–Crippen MR) is 41.3 cm³/mol. The van der Waals surface area contributed by atoms with E-state index in [9.17, 15) is 9.18 Å². The summed E-state index contributed by atoms with van der Waals surface area (Å²) in [6, 6.07) is 3.97. The molecule has 1 aromatic rings. The largest absolute Gasteiger partial charge is 0.387 e. The van der Waals surface area contributed by atoms with Gasteiger partial charge in [0, 0.05) is 18.3 Å². The Labute approximate surface area is 64.0 Å². The minimum atomic E-state index is -0.347. The molecular weight excluding hydrogens is 145 g/mol. The zero-order valence-electron chi connectivity index (χ0n) is 6.10. The first kappa shape index (κ1) is 7.72. The number of anilines is 1. The van der Waals surface area contributed by atoms with Crippen molar-refractivity contribution in [3.05, 3.63) is 29.6 Å². The molecule has 1 rings (SSSR count). The molecule has 0 radical (unpaired) electrons. The van der Waals surface area contributed by atoms with Crippen LogP contribution < -0.4 is 5.32 Å². The molecule has 0 heterocycles. The van der Waals surface area contributed by atoms with Gasteiger partial charge in [0.05, 0.1) is 0 Å². The van der Waals surface area contributed by atoms with Crippen LogP contribution in [0.5, 0.6) is 0 Å². The summed E-state index contributed by atoms with van der Waals surface area (Å²) >= 11 is 0. The molecule has 1 aromatic carbocycles. The first-order chi connectivity index (χ1) is 5.27. The van der Waals surface area contributed by atoms with E-state index in [4.69, 9.17) is 0 Å². The number of rotatable bonds is 2. The lowest BCUT2D eigenvalue weighted by atomic mass is 10.2. The molecule has 0 saturated carbocycles. The van der Waals surface area contributed by atoms with Gasteiger partial charge in [-0.2, -0.15) is 0 Å². The van der Waals surface area contributed by atoms with Crippen molar-refractivity contribution in [3.8, 4) is 0 Å². The molecular formula is C8H8FNO. The monoisotopic (exact) mass is 153 g/mol. The Bertz CT molecular complexity index is 273. The van der Waals surface area contributed by atoms with Crippen LogP contribution in [0.2, 0.25) is 0 Å². The summed E-state index contributed by atoms with van der Waals surface area (Å²) < 4.78 is 12.5. The van der Waals surface area contributed by atoms with E-state index in [0.29, 0.717) is 17.5 Å². The Morgan fingerprint density at radius 1 is 1.55 bits per heavy atom. The Balaban J connectivity index is 3.16. The fourth-order valence-corrected chi connectivity index (χ4v) is 0.848. The molecule has 2 nitrogen and oxygen atoms in total. The summed E-state index contributed by atoms with van der Waals surface area (Å²) in [7, 11) is 1.64. The highest BCUT2D eigenvalue weighted by atomic mass is 19.1. The number of halogens is 1. The van der Waals surface area contributed by atoms with Crippen molar-refractivity contribution in [1.29, 1.82) is 0 Å². The molecule has 0 aliphatic heterocycles. The standard InChI is InChI=1S/C8H8FNO/c1-10-8-4-7(9)3-2-6(8)5-11/h2-5,10H,1H3. The second-order valence-electron chi connectivity index (χ2n) is 2.10. The summed E-state index contributed by atoms with van der Waals surface area (Å²) in [5.74, 6) is -0.347. The van der Waals surface area contributed by atoms with Crippen LogP contribution in [0.3, 0.4) is 0 Å². The number of hydrogen-bond acceptors (Lipinski definition) is 2. The molecule has 0 aromatic heterocycles. The summed E-state index contributed by atoms with van der Waals surface area (Å²) in [6.45, 7) is 0. The summed E-state index contributed by atoms with van der Waals surface area (Å²) in [5.41, 5.74) is 0.980. The Morgan fingerprint density at radius 3 is 2.82 bits per heavy atom.